The maximum Gasteiger partial charge on any atom is 0.0720 e. The van der Waals surface area contributed by atoms with Gasteiger partial charge < -0.3 is 10.2 Å². The first-order chi connectivity index (χ1) is 8.27. The number of hydrogen-bond donors (Lipinski definition) is 2. The zero-order valence-electron chi connectivity index (χ0n) is 9.71. The Kier molecular flexibility index (Phi) is 4.79. The van der Waals surface area contributed by atoms with E-state index in [1.54, 1.807) is 11.8 Å². The molecular weight excluding hydrogens is 252 g/mol. The fraction of sp³-hybridized carbons (Fsp3) is 0.538. The zero-order valence-corrected chi connectivity index (χ0v) is 11.3. The van der Waals surface area contributed by atoms with E-state index in [4.69, 9.17) is 5.11 Å². The molecule has 2 atom stereocenters. The number of hydrogen-bond acceptors (Lipinski definition) is 4. The maximum absolute atomic E-state index is 10.3. The first kappa shape index (κ1) is 13.3. The van der Waals surface area contributed by atoms with E-state index in [0.717, 1.165) is 17.9 Å². The summed E-state index contributed by atoms with van der Waals surface area (Å²) in [7, 11) is 0. The molecule has 1 aliphatic heterocycles. The van der Waals surface area contributed by atoms with Gasteiger partial charge in [-0.3, -0.25) is 0 Å². The second-order valence-electron chi connectivity index (χ2n) is 4.31. The molecule has 0 saturated carbocycles. The Hall–Kier alpha value is -0.160. The third-order valence-corrected chi connectivity index (χ3v) is 6.02. The highest BCUT2D eigenvalue weighted by Gasteiger charge is 2.41. The van der Waals surface area contributed by atoms with Crippen LogP contribution in [0, 0.1) is 0 Å². The summed E-state index contributed by atoms with van der Waals surface area (Å²) in [6, 6.07) is 10.2. The molecule has 0 radical (unpaired) electrons. The molecule has 17 heavy (non-hydrogen) atoms. The molecule has 1 saturated heterocycles. The Morgan fingerprint density at radius 3 is 2.71 bits per heavy atom. The normalized spacial score (nSPS) is 26.0. The van der Waals surface area contributed by atoms with Gasteiger partial charge >= 0.3 is 0 Å². The van der Waals surface area contributed by atoms with E-state index in [1.165, 1.54) is 4.90 Å². The Balaban J connectivity index is 2.12. The standard InChI is InChI=1S/C13H18O2S2/c14-8-6-12(15)13(7-9-16-10-13)17-11-4-2-1-3-5-11/h1-5,12,14-15H,6-10H2/t12-,13?/m0/s1. The van der Waals surface area contributed by atoms with Crippen molar-refractivity contribution in [2.24, 2.45) is 0 Å². The summed E-state index contributed by atoms with van der Waals surface area (Å²) < 4.78 is -0.116. The minimum atomic E-state index is -0.423. The molecule has 0 amide bonds. The summed E-state index contributed by atoms with van der Waals surface area (Å²) in [5, 5.41) is 19.3. The van der Waals surface area contributed by atoms with Crippen molar-refractivity contribution in [1.82, 2.24) is 0 Å². The van der Waals surface area contributed by atoms with Gasteiger partial charge in [0.1, 0.15) is 0 Å². The van der Waals surface area contributed by atoms with Crippen molar-refractivity contribution in [3.63, 3.8) is 0 Å². The van der Waals surface area contributed by atoms with Crippen LogP contribution in [0.3, 0.4) is 0 Å². The Morgan fingerprint density at radius 2 is 2.12 bits per heavy atom. The number of thioether (sulfide) groups is 2. The lowest BCUT2D eigenvalue weighted by atomic mass is 9.98. The lowest BCUT2D eigenvalue weighted by Crippen LogP contribution is -2.39. The summed E-state index contributed by atoms with van der Waals surface area (Å²) in [5.41, 5.74) is 0. The molecule has 1 aromatic rings. The van der Waals surface area contributed by atoms with E-state index in [2.05, 4.69) is 12.1 Å². The summed E-state index contributed by atoms with van der Waals surface area (Å²) >= 11 is 3.66. The summed E-state index contributed by atoms with van der Waals surface area (Å²) in [6.07, 6.45) is 1.06. The smallest absolute Gasteiger partial charge is 0.0720 e. The van der Waals surface area contributed by atoms with Crippen LogP contribution >= 0.6 is 23.5 Å². The molecule has 4 heteroatoms. The lowest BCUT2D eigenvalue weighted by Gasteiger charge is -2.32. The summed E-state index contributed by atoms with van der Waals surface area (Å²) in [4.78, 5) is 1.20. The molecule has 1 heterocycles. The van der Waals surface area contributed by atoms with Crippen molar-refractivity contribution >= 4 is 23.5 Å². The number of aliphatic hydroxyl groups excluding tert-OH is 2. The first-order valence-corrected chi connectivity index (χ1v) is 7.85. The van der Waals surface area contributed by atoms with Crippen LogP contribution in [-0.4, -0.2) is 39.2 Å². The van der Waals surface area contributed by atoms with Crippen LogP contribution in [0.5, 0.6) is 0 Å². The molecule has 2 rings (SSSR count). The average Bonchev–Trinajstić information content (AvgIpc) is 2.80. The predicted octanol–water partition coefficient (Wildman–Crippen LogP) is 2.40. The number of benzene rings is 1. The van der Waals surface area contributed by atoms with Crippen LogP contribution in [0.25, 0.3) is 0 Å². The largest absolute Gasteiger partial charge is 0.396 e. The molecular formula is C13H18O2S2. The van der Waals surface area contributed by atoms with Crippen molar-refractivity contribution in [2.45, 2.75) is 28.6 Å². The molecule has 1 aliphatic rings. The van der Waals surface area contributed by atoms with Crippen LogP contribution in [0.4, 0.5) is 0 Å². The molecule has 1 aromatic carbocycles. The second kappa shape index (κ2) is 6.14. The van der Waals surface area contributed by atoms with Crippen LogP contribution in [0.2, 0.25) is 0 Å². The van der Waals surface area contributed by atoms with Crippen molar-refractivity contribution in [3.05, 3.63) is 30.3 Å². The summed E-state index contributed by atoms with van der Waals surface area (Å²) in [5.74, 6) is 2.07. The van der Waals surface area contributed by atoms with Gasteiger partial charge in [0.15, 0.2) is 0 Å². The van der Waals surface area contributed by atoms with Crippen molar-refractivity contribution in [3.8, 4) is 0 Å². The Labute approximate surface area is 111 Å². The Morgan fingerprint density at radius 1 is 1.35 bits per heavy atom. The fourth-order valence-corrected chi connectivity index (χ4v) is 5.25. The van der Waals surface area contributed by atoms with Gasteiger partial charge in [0, 0.05) is 17.3 Å². The van der Waals surface area contributed by atoms with E-state index in [9.17, 15) is 5.11 Å². The topological polar surface area (TPSA) is 40.5 Å². The summed E-state index contributed by atoms with van der Waals surface area (Å²) in [6.45, 7) is 0.0585. The molecule has 0 bridgehead atoms. The molecule has 1 fully saturated rings. The molecule has 1 unspecified atom stereocenters. The van der Waals surface area contributed by atoms with Crippen LogP contribution in [-0.2, 0) is 0 Å². The SMILES string of the molecule is OCC[C@H](O)C1(Sc2ccccc2)CCSC1. The Bertz CT molecular complexity index is 337. The van der Waals surface area contributed by atoms with Crippen molar-refractivity contribution < 1.29 is 10.2 Å². The predicted molar refractivity (Wildman–Crippen MR) is 74.7 cm³/mol. The highest BCUT2D eigenvalue weighted by Crippen LogP contribution is 2.46. The number of aliphatic hydroxyl groups is 2. The highest BCUT2D eigenvalue weighted by molar-refractivity contribution is 8.04. The van der Waals surface area contributed by atoms with E-state index < -0.39 is 6.10 Å². The molecule has 0 aliphatic carbocycles. The van der Waals surface area contributed by atoms with Gasteiger partial charge in [-0.2, -0.15) is 11.8 Å². The van der Waals surface area contributed by atoms with Crippen molar-refractivity contribution in [1.29, 1.82) is 0 Å². The molecule has 0 spiro atoms. The quantitative estimate of drug-likeness (QED) is 0.862. The van der Waals surface area contributed by atoms with E-state index in [0.29, 0.717) is 6.42 Å². The van der Waals surface area contributed by atoms with Gasteiger partial charge in [-0.25, -0.2) is 0 Å². The van der Waals surface area contributed by atoms with Crippen LogP contribution in [0.1, 0.15) is 12.8 Å². The minimum absolute atomic E-state index is 0.0585. The number of rotatable bonds is 5. The lowest BCUT2D eigenvalue weighted by molar-refractivity contribution is 0.103. The first-order valence-electron chi connectivity index (χ1n) is 5.87. The van der Waals surface area contributed by atoms with Crippen LogP contribution in [0.15, 0.2) is 35.2 Å². The molecule has 2 nitrogen and oxygen atoms in total. The van der Waals surface area contributed by atoms with Gasteiger partial charge in [-0.05, 0) is 30.7 Å². The fourth-order valence-electron chi connectivity index (χ4n) is 2.08. The van der Waals surface area contributed by atoms with Gasteiger partial charge in [-0.1, -0.05) is 18.2 Å². The van der Waals surface area contributed by atoms with Gasteiger partial charge in [-0.15, -0.1) is 11.8 Å². The second-order valence-corrected chi connectivity index (χ2v) is 6.90. The van der Waals surface area contributed by atoms with Gasteiger partial charge in [0.2, 0.25) is 0 Å². The van der Waals surface area contributed by atoms with E-state index in [1.807, 2.05) is 30.0 Å². The zero-order chi connectivity index (χ0) is 12.1. The van der Waals surface area contributed by atoms with Crippen LogP contribution < -0.4 is 0 Å². The molecule has 94 valence electrons. The highest BCUT2D eigenvalue weighted by atomic mass is 32.2. The third kappa shape index (κ3) is 3.19. The molecule has 2 N–H and O–H groups in total. The van der Waals surface area contributed by atoms with Crippen molar-refractivity contribution in [2.75, 3.05) is 18.1 Å². The van der Waals surface area contributed by atoms with E-state index >= 15 is 0 Å². The third-order valence-electron chi connectivity index (χ3n) is 3.09. The molecule has 0 aromatic heterocycles. The van der Waals surface area contributed by atoms with E-state index in [-0.39, 0.29) is 11.4 Å². The van der Waals surface area contributed by atoms with Gasteiger partial charge in [0.05, 0.1) is 10.9 Å². The maximum atomic E-state index is 10.3. The van der Waals surface area contributed by atoms with Gasteiger partial charge in [0.25, 0.3) is 0 Å². The monoisotopic (exact) mass is 270 g/mol. The average molecular weight is 270 g/mol. The minimum Gasteiger partial charge on any atom is -0.396 e.